The third-order valence-electron chi connectivity index (χ3n) is 3.18. The van der Waals surface area contributed by atoms with Gasteiger partial charge in [0.1, 0.15) is 17.3 Å². The summed E-state index contributed by atoms with van der Waals surface area (Å²) in [7, 11) is 0. The lowest BCUT2D eigenvalue weighted by Crippen LogP contribution is -1.91. The van der Waals surface area contributed by atoms with Crippen LogP contribution < -0.4 is 0 Å². The Labute approximate surface area is 119 Å². The van der Waals surface area contributed by atoms with Crippen molar-refractivity contribution in [2.24, 2.45) is 0 Å². The third kappa shape index (κ3) is 2.43. The van der Waals surface area contributed by atoms with E-state index in [-0.39, 0.29) is 23.7 Å². The minimum atomic E-state index is -0.453. The first-order valence-corrected chi connectivity index (χ1v) is 6.31. The van der Waals surface area contributed by atoms with Crippen molar-refractivity contribution in [2.75, 3.05) is 0 Å². The van der Waals surface area contributed by atoms with Crippen molar-refractivity contribution in [3.8, 4) is 22.6 Å². The summed E-state index contributed by atoms with van der Waals surface area (Å²) in [5.74, 6) is -0.528. The fraction of sp³-hybridized carbons (Fsp3) is 0.0625. The number of nitrogens with zero attached hydrogens (tertiary/aromatic N) is 1. The van der Waals surface area contributed by atoms with E-state index in [9.17, 15) is 13.9 Å². The zero-order valence-electron chi connectivity index (χ0n) is 10.9. The van der Waals surface area contributed by atoms with Gasteiger partial charge in [0.2, 0.25) is 0 Å². The van der Waals surface area contributed by atoms with Gasteiger partial charge in [-0.05, 0) is 36.4 Å². The Balaban J connectivity index is 2.13. The predicted octanol–water partition coefficient (Wildman–Crippen LogP) is 3.78. The molecule has 0 fully saturated rings. The molecule has 0 spiro atoms. The average molecular weight is 287 g/mol. The van der Waals surface area contributed by atoms with E-state index in [4.69, 9.17) is 4.52 Å². The van der Waals surface area contributed by atoms with Crippen molar-refractivity contribution in [3.63, 3.8) is 0 Å². The quantitative estimate of drug-likeness (QED) is 0.797. The minimum Gasteiger partial charge on any atom is -0.391 e. The van der Waals surface area contributed by atoms with Gasteiger partial charge in [-0.3, -0.25) is 0 Å². The molecule has 0 aliphatic rings. The molecule has 0 aliphatic carbocycles. The molecule has 0 aliphatic heterocycles. The van der Waals surface area contributed by atoms with E-state index in [0.717, 1.165) is 0 Å². The third-order valence-corrected chi connectivity index (χ3v) is 3.18. The van der Waals surface area contributed by atoms with Crippen LogP contribution in [0.4, 0.5) is 8.78 Å². The molecule has 3 rings (SSSR count). The summed E-state index contributed by atoms with van der Waals surface area (Å²) in [5, 5.41) is 13.4. The molecule has 0 bridgehead atoms. The zero-order chi connectivity index (χ0) is 14.8. The Hall–Kier alpha value is -2.53. The minimum absolute atomic E-state index is 0.245. The maximum atomic E-state index is 13.8. The van der Waals surface area contributed by atoms with Crippen molar-refractivity contribution in [1.82, 2.24) is 5.16 Å². The highest BCUT2D eigenvalue weighted by Crippen LogP contribution is 2.33. The van der Waals surface area contributed by atoms with Crippen LogP contribution in [0.25, 0.3) is 22.6 Å². The maximum absolute atomic E-state index is 13.8. The second kappa shape index (κ2) is 5.46. The van der Waals surface area contributed by atoms with Crippen LogP contribution in [0.3, 0.4) is 0 Å². The van der Waals surface area contributed by atoms with Gasteiger partial charge >= 0.3 is 0 Å². The highest BCUT2D eigenvalue weighted by molar-refractivity contribution is 5.72. The van der Waals surface area contributed by atoms with Crippen LogP contribution in [0, 0.1) is 11.6 Å². The second-order valence-corrected chi connectivity index (χ2v) is 4.48. The Bertz CT molecular complexity index is 766. The highest BCUT2D eigenvalue weighted by Gasteiger charge is 2.20. The van der Waals surface area contributed by atoms with Gasteiger partial charge in [0, 0.05) is 11.1 Å². The summed E-state index contributed by atoms with van der Waals surface area (Å²) < 4.78 is 32.0. The Morgan fingerprint density at radius 1 is 1.00 bits per heavy atom. The normalized spacial score (nSPS) is 10.8. The lowest BCUT2D eigenvalue weighted by atomic mass is 10.0. The van der Waals surface area contributed by atoms with Crippen LogP contribution in [0.1, 0.15) is 5.56 Å². The SMILES string of the molecule is OCc1c(-c2ccccc2F)noc1-c1ccc(F)cc1. The van der Waals surface area contributed by atoms with E-state index < -0.39 is 5.82 Å². The van der Waals surface area contributed by atoms with Gasteiger partial charge < -0.3 is 9.63 Å². The highest BCUT2D eigenvalue weighted by atomic mass is 19.1. The van der Waals surface area contributed by atoms with Crippen molar-refractivity contribution >= 4 is 0 Å². The Morgan fingerprint density at radius 2 is 1.71 bits per heavy atom. The summed E-state index contributed by atoms with van der Waals surface area (Å²) >= 11 is 0. The molecule has 5 heteroatoms. The number of aliphatic hydroxyl groups excluding tert-OH is 1. The van der Waals surface area contributed by atoms with Crippen LogP contribution in [0.5, 0.6) is 0 Å². The Morgan fingerprint density at radius 3 is 2.38 bits per heavy atom. The second-order valence-electron chi connectivity index (χ2n) is 4.48. The fourth-order valence-corrected chi connectivity index (χ4v) is 2.15. The first-order chi connectivity index (χ1) is 10.2. The summed E-state index contributed by atoms with van der Waals surface area (Å²) in [4.78, 5) is 0. The molecule has 0 radical (unpaired) electrons. The van der Waals surface area contributed by atoms with Gasteiger partial charge in [0.25, 0.3) is 0 Å². The number of hydrogen-bond donors (Lipinski definition) is 1. The lowest BCUT2D eigenvalue weighted by Gasteiger charge is -2.02. The fourth-order valence-electron chi connectivity index (χ4n) is 2.15. The number of aliphatic hydroxyl groups is 1. The van der Waals surface area contributed by atoms with E-state index in [1.165, 1.54) is 30.3 Å². The Kier molecular flexibility index (Phi) is 3.50. The van der Waals surface area contributed by atoms with E-state index >= 15 is 0 Å². The molecule has 0 amide bonds. The molecule has 3 nitrogen and oxygen atoms in total. The van der Waals surface area contributed by atoms with Gasteiger partial charge in [0.15, 0.2) is 5.76 Å². The average Bonchev–Trinajstić information content (AvgIpc) is 2.92. The van der Waals surface area contributed by atoms with Gasteiger partial charge in [-0.1, -0.05) is 17.3 Å². The predicted molar refractivity (Wildman–Crippen MR) is 73.2 cm³/mol. The van der Waals surface area contributed by atoms with Crippen LogP contribution in [-0.4, -0.2) is 10.3 Å². The molecule has 1 heterocycles. The smallest absolute Gasteiger partial charge is 0.173 e. The van der Waals surface area contributed by atoms with Crippen molar-refractivity contribution in [1.29, 1.82) is 0 Å². The van der Waals surface area contributed by atoms with Crippen molar-refractivity contribution in [3.05, 3.63) is 65.7 Å². The van der Waals surface area contributed by atoms with Gasteiger partial charge in [-0.2, -0.15) is 0 Å². The summed E-state index contributed by atoms with van der Waals surface area (Å²) in [6, 6.07) is 11.7. The van der Waals surface area contributed by atoms with Gasteiger partial charge in [-0.15, -0.1) is 0 Å². The standard InChI is InChI=1S/C16H11F2NO2/c17-11-7-5-10(6-8-11)16-13(9-20)15(19-21-16)12-3-1-2-4-14(12)18/h1-8,20H,9H2. The molecule has 0 atom stereocenters. The molecular formula is C16H11F2NO2. The number of aromatic nitrogens is 1. The van der Waals surface area contributed by atoms with Gasteiger partial charge in [-0.25, -0.2) is 8.78 Å². The molecule has 106 valence electrons. The molecule has 1 aromatic heterocycles. The topological polar surface area (TPSA) is 46.3 Å². The van der Waals surface area contributed by atoms with Crippen molar-refractivity contribution in [2.45, 2.75) is 6.61 Å². The zero-order valence-corrected chi connectivity index (χ0v) is 10.9. The van der Waals surface area contributed by atoms with E-state index in [2.05, 4.69) is 5.16 Å². The first-order valence-electron chi connectivity index (χ1n) is 6.31. The van der Waals surface area contributed by atoms with Crippen molar-refractivity contribution < 1.29 is 18.4 Å². The summed E-state index contributed by atoms with van der Waals surface area (Å²) in [6.45, 7) is -0.361. The molecule has 0 saturated carbocycles. The van der Waals surface area contributed by atoms with E-state index in [1.54, 1.807) is 18.2 Å². The maximum Gasteiger partial charge on any atom is 0.173 e. The first kappa shape index (κ1) is 13.5. The van der Waals surface area contributed by atoms with E-state index in [0.29, 0.717) is 16.9 Å². The number of halogens is 2. The molecule has 3 aromatic rings. The largest absolute Gasteiger partial charge is 0.391 e. The number of hydrogen-bond acceptors (Lipinski definition) is 3. The van der Waals surface area contributed by atoms with Crippen LogP contribution >= 0.6 is 0 Å². The molecule has 2 aromatic carbocycles. The number of benzene rings is 2. The monoisotopic (exact) mass is 287 g/mol. The number of rotatable bonds is 3. The molecular weight excluding hydrogens is 276 g/mol. The lowest BCUT2D eigenvalue weighted by molar-refractivity contribution is 0.281. The molecule has 1 N–H and O–H groups in total. The van der Waals surface area contributed by atoms with Crippen LogP contribution in [-0.2, 0) is 6.61 Å². The van der Waals surface area contributed by atoms with Crippen LogP contribution in [0.2, 0.25) is 0 Å². The van der Waals surface area contributed by atoms with Gasteiger partial charge in [0.05, 0.1) is 12.2 Å². The van der Waals surface area contributed by atoms with E-state index in [1.807, 2.05) is 0 Å². The summed E-state index contributed by atoms with van der Waals surface area (Å²) in [5.41, 5.74) is 1.43. The van der Waals surface area contributed by atoms with Crippen LogP contribution in [0.15, 0.2) is 53.1 Å². The molecule has 0 saturated heterocycles. The summed E-state index contributed by atoms with van der Waals surface area (Å²) in [6.07, 6.45) is 0. The molecule has 0 unspecified atom stereocenters. The molecule has 21 heavy (non-hydrogen) atoms.